The van der Waals surface area contributed by atoms with Gasteiger partial charge in [-0.3, -0.25) is 4.79 Å². The van der Waals surface area contributed by atoms with Crippen LogP contribution in [0.1, 0.15) is 24.4 Å². The average Bonchev–Trinajstić information content (AvgIpc) is 2.53. The molecule has 0 unspecified atom stereocenters. The number of aromatic nitrogens is 2. The summed E-state index contributed by atoms with van der Waals surface area (Å²) in [6.07, 6.45) is 0. The normalized spacial score (nSPS) is 12.5. The highest BCUT2D eigenvalue weighted by Gasteiger charge is 2.07. The molecule has 4 nitrogen and oxygen atoms in total. The van der Waals surface area contributed by atoms with Gasteiger partial charge in [-0.1, -0.05) is 40.2 Å². The first-order valence-corrected chi connectivity index (χ1v) is 7.89. The molecule has 1 heterocycles. The highest BCUT2D eigenvalue weighted by molar-refractivity contribution is 9.10. The van der Waals surface area contributed by atoms with Crippen LogP contribution in [0.2, 0.25) is 0 Å². The van der Waals surface area contributed by atoms with Gasteiger partial charge in [0.05, 0.1) is 17.4 Å². The van der Waals surface area contributed by atoms with Crippen LogP contribution in [-0.4, -0.2) is 9.97 Å². The van der Waals surface area contributed by atoms with Crippen LogP contribution in [0, 0.1) is 0 Å². The average molecular weight is 358 g/mol. The summed E-state index contributed by atoms with van der Waals surface area (Å²) in [5.41, 5.74) is 1.81. The van der Waals surface area contributed by atoms with Gasteiger partial charge in [-0.25, -0.2) is 4.98 Å². The predicted octanol–water partition coefficient (Wildman–Crippen LogP) is 3.54. The fraction of sp³-hybridized carbons (Fsp3) is 0.176. The molecule has 22 heavy (non-hydrogen) atoms. The summed E-state index contributed by atoms with van der Waals surface area (Å²) in [7, 11) is 0. The minimum Gasteiger partial charge on any atom is -0.309 e. The molecular formula is C17H16BrN3O. The fourth-order valence-corrected chi connectivity index (χ4v) is 2.60. The van der Waals surface area contributed by atoms with Crippen LogP contribution < -0.4 is 10.9 Å². The van der Waals surface area contributed by atoms with Gasteiger partial charge < -0.3 is 10.3 Å². The van der Waals surface area contributed by atoms with Gasteiger partial charge in [0.2, 0.25) is 0 Å². The summed E-state index contributed by atoms with van der Waals surface area (Å²) in [5, 5.41) is 4.00. The van der Waals surface area contributed by atoms with Crippen LogP contribution in [0.5, 0.6) is 0 Å². The molecule has 0 bridgehead atoms. The number of hydrogen-bond donors (Lipinski definition) is 2. The minimum absolute atomic E-state index is 0.0984. The molecule has 1 aromatic heterocycles. The summed E-state index contributed by atoms with van der Waals surface area (Å²) >= 11 is 3.43. The van der Waals surface area contributed by atoms with Crippen molar-refractivity contribution in [3.05, 3.63) is 74.7 Å². The van der Waals surface area contributed by atoms with Gasteiger partial charge >= 0.3 is 0 Å². The molecule has 0 fully saturated rings. The first kappa shape index (κ1) is 14.9. The van der Waals surface area contributed by atoms with Crippen LogP contribution >= 0.6 is 15.9 Å². The number of nitrogens with one attached hydrogen (secondary N) is 2. The molecule has 0 spiro atoms. The maximum absolute atomic E-state index is 12.0. The zero-order chi connectivity index (χ0) is 15.5. The summed E-state index contributed by atoms with van der Waals surface area (Å²) in [5.74, 6) is 0.646. The van der Waals surface area contributed by atoms with E-state index in [1.807, 2.05) is 30.3 Å². The summed E-state index contributed by atoms with van der Waals surface area (Å²) < 4.78 is 1.06. The third-order valence-electron chi connectivity index (χ3n) is 3.61. The number of benzene rings is 2. The van der Waals surface area contributed by atoms with Crippen molar-refractivity contribution in [3.8, 4) is 0 Å². The molecule has 0 saturated heterocycles. The zero-order valence-corrected chi connectivity index (χ0v) is 13.7. The molecule has 0 amide bonds. The van der Waals surface area contributed by atoms with Gasteiger partial charge in [0.15, 0.2) is 0 Å². The van der Waals surface area contributed by atoms with E-state index in [0.29, 0.717) is 17.8 Å². The van der Waals surface area contributed by atoms with E-state index in [0.717, 1.165) is 9.99 Å². The Morgan fingerprint density at radius 2 is 1.91 bits per heavy atom. The Morgan fingerprint density at radius 1 is 1.18 bits per heavy atom. The lowest BCUT2D eigenvalue weighted by atomic mass is 10.1. The van der Waals surface area contributed by atoms with E-state index in [-0.39, 0.29) is 11.6 Å². The van der Waals surface area contributed by atoms with Gasteiger partial charge in [0.25, 0.3) is 5.56 Å². The Bertz CT molecular complexity index is 842. The fourth-order valence-electron chi connectivity index (χ4n) is 2.34. The molecule has 1 atom stereocenters. The monoisotopic (exact) mass is 357 g/mol. The first-order valence-electron chi connectivity index (χ1n) is 7.10. The lowest BCUT2D eigenvalue weighted by molar-refractivity contribution is 0.559. The molecule has 2 N–H and O–H groups in total. The Hall–Kier alpha value is -1.98. The van der Waals surface area contributed by atoms with E-state index < -0.39 is 0 Å². The molecule has 0 radical (unpaired) electrons. The summed E-state index contributed by atoms with van der Waals surface area (Å²) in [6, 6.07) is 15.7. The third-order valence-corrected chi connectivity index (χ3v) is 4.14. The molecule has 5 heteroatoms. The third kappa shape index (κ3) is 3.26. The standard InChI is InChI=1S/C17H16BrN3O/c1-11(12-6-8-13(18)9-7-12)19-10-16-20-15-5-3-2-4-14(15)17(22)21-16/h2-9,11,19H,10H2,1H3,(H,20,21,22)/t11-/m1/s1. The molecule has 0 aliphatic heterocycles. The molecule has 112 valence electrons. The van der Waals surface area contributed by atoms with Crippen molar-refractivity contribution in [2.45, 2.75) is 19.5 Å². The number of H-pyrrole nitrogens is 1. The van der Waals surface area contributed by atoms with Crippen molar-refractivity contribution in [1.82, 2.24) is 15.3 Å². The van der Waals surface area contributed by atoms with Gasteiger partial charge in [0, 0.05) is 10.5 Å². The van der Waals surface area contributed by atoms with Crippen molar-refractivity contribution in [1.29, 1.82) is 0 Å². The van der Waals surface area contributed by atoms with E-state index in [4.69, 9.17) is 0 Å². The van der Waals surface area contributed by atoms with E-state index in [1.165, 1.54) is 5.56 Å². The molecular weight excluding hydrogens is 342 g/mol. The van der Waals surface area contributed by atoms with Gasteiger partial charge in [-0.05, 0) is 36.8 Å². The Kier molecular flexibility index (Phi) is 4.36. The second-order valence-electron chi connectivity index (χ2n) is 5.18. The topological polar surface area (TPSA) is 57.8 Å². The Labute approximate surface area is 136 Å². The number of hydrogen-bond acceptors (Lipinski definition) is 3. The molecule has 2 aromatic carbocycles. The van der Waals surface area contributed by atoms with E-state index in [2.05, 4.69) is 50.3 Å². The number of fused-ring (bicyclic) bond motifs is 1. The van der Waals surface area contributed by atoms with Crippen LogP contribution in [0.25, 0.3) is 10.9 Å². The molecule has 3 rings (SSSR count). The van der Waals surface area contributed by atoms with E-state index in [9.17, 15) is 4.79 Å². The van der Waals surface area contributed by atoms with Crippen LogP contribution in [0.4, 0.5) is 0 Å². The van der Waals surface area contributed by atoms with Gasteiger partial charge in [-0.2, -0.15) is 0 Å². The highest BCUT2D eigenvalue weighted by Crippen LogP contribution is 2.16. The quantitative estimate of drug-likeness (QED) is 0.750. The zero-order valence-electron chi connectivity index (χ0n) is 12.1. The number of rotatable bonds is 4. The predicted molar refractivity (Wildman–Crippen MR) is 91.8 cm³/mol. The van der Waals surface area contributed by atoms with E-state index >= 15 is 0 Å². The molecule has 0 saturated carbocycles. The van der Waals surface area contributed by atoms with Crippen molar-refractivity contribution < 1.29 is 0 Å². The number of aromatic amines is 1. The minimum atomic E-state index is -0.0984. The maximum Gasteiger partial charge on any atom is 0.258 e. The van der Waals surface area contributed by atoms with E-state index in [1.54, 1.807) is 6.07 Å². The largest absolute Gasteiger partial charge is 0.309 e. The smallest absolute Gasteiger partial charge is 0.258 e. The van der Waals surface area contributed by atoms with Crippen molar-refractivity contribution in [3.63, 3.8) is 0 Å². The van der Waals surface area contributed by atoms with Crippen molar-refractivity contribution >= 4 is 26.8 Å². The van der Waals surface area contributed by atoms with Crippen molar-refractivity contribution in [2.24, 2.45) is 0 Å². The summed E-state index contributed by atoms with van der Waals surface area (Å²) in [4.78, 5) is 19.3. The number of halogens is 1. The second kappa shape index (κ2) is 6.42. The molecule has 0 aliphatic rings. The molecule has 3 aromatic rings. The first-order chi connectivity index (χ1) is 10.6. The number of nitrogens with zero attached hydrogens (tertiary/aromatic N) is 1. The number of para-hydroxylation sites is 1. The Balaban J connectivity index is 1.76. The van der Waals surface area contributed by atoms with Crippen LogP contribution in [-0.2, 0) is 6.54 Å². The second-order valence-corrected chi connectivity index (χ2v) is 6.10. The maximum atomic E-state index is 12.0. The van der Waals surface area contributed by atoms with Gasteiger partial charge in [0.1, 0.15) is 5.82 Å². The Morgan fingerprint density at radius 3 is 2.68 bits per heavy atom. The van der Waals surface area contributed by atoms with Crippen LogP contribution in [0.15, 0.2) is 57.8 Å². The van der Waals surface area contributed by atoms with Crippen molar-refractivity contribution in [2.75, 3.05) is 0 Å². The highest BCUT2D eigenvalue weighted by atomic mass is 79.9. The summed E-state index contributed by atoms with van der Waals surface area (Å²) in [6.45, 7) is 2.60. The lowest BCUT2D eigenvalue weighted by Gasteiger charge is -2.14. The van der Waals surface area contributed by atoms with Crippen LogP contribution in [0.3, 0.4) is 0 Å². The molecule has 0 aliphatic carbocycles. The van der Waals surface area contributed by atoms with Gasteiger partial charge in [-0.15, -0.1) is 0 Å². The lowest BCUT2D eigenvalue weighted by Crippen LogP contribution is -2.22. The SMILES string of the molecule is C[C@@H](NCc1nc2ccccc2c(=O)[nH]1)c1ccc(Br)cc1.